The summed E-state index contributed by atoms with van der Waals surface area (Å²) in [5.41, 5.74) is 3.40. The van der Waals surface area contributed by atoms with Gasteiger partial charge < -0.3 is 5.32 Å². The monoisotopic (exact) mass is 265 g/mol. The number of hydrogen-bond donors (Lipinski definition) is 1. The molecule has 0 aliphatic rings. The second-order valence-electron chi connectivity index (χ2n) is 4.53. The van der Waals surface area contributed by atoms with Gasteiger partial charge in [0.1, 0.15) is 12.1 Å². The Bertz CT molecular complexity index is 674. The minimum Gasteiger partial charge on any atom is -0.380 e. The molecular weight excluding hydrogens is 250 g/mol. The van der Waals surface area contributed by atoms with Crippen molar-refractivity contribution in [3.8, 4) is 5.82 Å². The van der Waals surface area contributed by atoms with E-state index in [1.165, 1.54) is 11.1 Å². The first-order valence-electron chi connectivity index (χ1n) is 6.41. The molecule has 0 atom stereocenters. The summed E-state index contributed by atoms with van der Waals surface area (Å²) in [5, 5.41) is 3.35. The van der Waals surface area contributed by atoms with Crippen molar-refractivity contribution in [2.75, 3.05) is 5.32 Å². The van der Waals surface area contributed by atoms with Gasteiger partial charge in [-0.1, -0.05) is 0 Å². The molecule has 0 amide bonds. The Balaban J connectivity index is 1.68. The number of aryl methyl sites for hydroxylation is 1. The van der Waals surface area contributed by atoms with Gasteiger partial charge in [-0.15, -0.1) is 0 Å². The van der Waals surface area contributed by atoms with Crippen LogP contribution in [0.3, 0.4) is 0 Å². The molecule has 0 bridgehead atoms. The Labute approximate surface area is 117 Å². The molecule has 3 heterocycles. The van der Waals surface area contributed by atoms with Crippen molar-refractivity contribution in [1.29, 1.82) is 0 Å². The highest BCUT2D eigenvalue weighted by Crippen LogP contribution is 2.12. The predicted molar refractivity (Wildman–Crippen MR) is 77.7 cm³/mol. The molecule has 0 aromatic carbocycles. The third-order valence-electron chi connectivity index (χ3n) is 3.15. The van der Waals surface area contributed by atoms with Crippen LogP contribution >= 0.6 is 0 Å². The number of imidazole rings is 1. The van der Waals surface area contributed by atoms with Crippen LogP contribution in [0.25, 0.3) is 5.82 Å². The minimum atomic E-state index is 0.742. The summed E-state index contributed by atoms with van der Waals surface area (Å²) in [5.74, 6) is 0.852. The first-order chi connectivity index (χ1) is 9.83. The lowest BCUT2D eigenvalue weighted by Crippen LogP contribution is -2.03. The molecule has 3 aromatic rings. The van der Waals surface area contributed by atoms with E-state index < -0.39 is 0 Å². The van der Waals surface area contributed by atoms with Crippen LogP contribution in [-0.2, 0) is 6.54 Å². The maximum atomic E-state index is 4.40. The zero-order chi connectivity index (χ0) is 13.8. The molecule has 20 heavy (non-hydrogen) atoms. The average molecular weight is 265 g/mol. The fourth-order valence-electron chi connectivity index (χ4n) is 1.92. The van der Waals surface area contributed by atoms with Crippen molar-refractivity contribution < 1.29 is 0 Å². The van der Waals surface area contributed by atoms with Crippen molar-refractivity contribution in [3.63, 3.8) is 0 Å². The molecule has 5 nitrogen and oxygen atoms in total. The van der Waals surface area contributed by atoms with E-state index in [0.717, 1.165) is 18.1 Å². The van der Waals surface area contributed by atoms with Gasteiger partial charge in [0.2, 0.25) is 0 Å². The van der Waals surface area contributed by atoms with Gasteiger partial charge in [-0.25, -0.2) is 9.97 Å². The Kier molecular flexibility index (Phi) is 3.41. The standard InChI is InChI=1S/C15H15N5/c1-12-4-5-16-8-13(12)9-18-14-2-3-15(19-10-14)20-7-6-17-11-20/h2-8,10-11,18H,9H2,1H3. The predicted octanol–water partition coefficient (Wildman–Crippen LogP) is 2.58. The van der Waals surface area contributed by atoms with Gasteiger partial charge in [-0.05, 0) is 36.2 Å². The van der Waals surface area contributed by atoms with Gasteiger partial charge in [0.05, 0.1) is 11.9 Å². The third kappa shape index (κ3) is 2.66. The van der Waals surface area contributed by atoms with E-state index in [9.17, 15) is 0 Å². The molecule has 0 saturated heterocycles. The molecule has 3 aromatic heterocycles. The van der Waals surface area contributed by atoms with Crippen molar-refractivity contribution in [1.82, 2.24) is 19.5 Å². The van der Waals surface area contributed by atoms with E-state index >= 15 is 0 Å². The highest BCUT2D eigenvalue weighted by atomic mass is 15.1. The van der Waals surface area contributed by atoms with Gasteiger partial charge in [-0.2, -0.15) is 0 Å². The van der Waals surface area contributed by atoms with Crippen molar-refractivity contribution in [2.45, 2.75) is 13.5 Å². The fraction of sp³-hybridized carbons (Fsp3) is 0.133. The molecule has 0 aliphatic carbocycles. The molecule has 3 rings (SSSR count). The van der Waals surface area contributed by atoms with E-state index in [2.05, 4.69) is 27.2 Å². The number of pyridine rings is 2. The van der Waals surface area contributed by atoms with E-state index in [0.29, 0.717) is 0 Å². The van der Waals surface area contributed by atoms with Crippen molar-refractivity contribution in [2.24, 2.45) is 0 Å². The third-order valence-corrected chi connectivity index (χ3v) is 3.15. The van der Waals surface area contributed by atoms with Gasteiger partial charge in [0.25, 0.3) is 0 Å². The zero-order valence-electron chi connectivity index (χ0n) is 11.2. The summed E-state index contributed by atoms with van der Waals surface area (Å²) < 4.78 is 1.87. The second-order valence-corrected chi connectivity index (χ2v) is 4.53. The summed E-state index contributed by atoms with van der Waals surface area (Å²) in [6.07, 6.45) is 10.8. The number of hydrogen-bond acceptors (Lipinski definition) is 4. The van der Waals surface area contributed by atoms with Crippen LogP contribution in [-0.4, -0.2) is 19.5 Å². The Morgan fingerprint density at radius 3 is 2.75 bits per heavy atom. The zero-order valence-corrected chi connectivity index (χ0v) is 11.2. The first-order valence-corrected chi connectivity index (χ1v) is 6.41. The Morgan fingerprint density at radius 2 is 2.05 bits per heavy atom. The van der Waals surface area contributed by atoms with Crippen LogP contribution in [0.2, 0.25) is 0 Å². The van der Waals surface area contributed by atoms with E-state index in [1.807, 2.05) is 41.4 Å². The second kappa shape index (κ2) is 5.52. The molecule has 100 valence electrons. The number of anilines is 1. The molecule has 0 saturated carbocycles. The lowest BCUT2D eigenvalue weighted by Gasteiger charge is -2.09. The summed E-state index contributed by atoms with van der Waals surface area (Å²) in [6, 6.07) is 5.98. The molecule has 0 spiro atoms. The van der Waals surface area contributed by atoms with Gasteiger partial charge >= 0.3 is 0 Å². The first kappa shape index (κ1) is 12.3. The lowest BCUT2D eigenvalue weighted by molar-refractivity contribution is 0.989. The van der Waals surface area contributed by atoms with Crippen LogP contribution in [0.5, 0.6) is 0 Å². The average Bonchev–Trinajstić information content (AvgIpc) is 3.01. The van der Waals surface area contributed by atoms with Crippen LogP contribution < -0.4 is 5.32 Å². The fourth-order valence-corrected chi connectivity index (χ4v) is 1.92. The summed E-state index contributed by atoms with van der Waals surface area (Å²) in [4.78, 5) is 12.5. The molecule has 0 aliphatic heterocycles. The van der Waals surface area contributed by atoms with Crippen LogP contribution in [0, 0.1) is 6.92 Å². The smallest absolute Gasteiger partial charge is 0.137 e. The van der Waals surface area contributed by atoms with E-state index in [-0.39, 0.29) is 0 Å². The van der Waals surface area contributed by atoms with Crippen LogP contribution in [0.15, 0.2) is 55.5 Å². The molecule has 0 radical (unpaired) electrons. The lowest BCUT2D eigenvalue weighted by atomic mass is 10.1. The largest absolute Gasteiger partial charge is 0.380 e. The maximum absolute atomic E-state index is 4.40. The minimum absolute atomic E-state index is 0.742. The summed E-state index contributed by atoms with van der Waals surface area (Å²) in [6.45, 7) is 2.82. The van der Waals surface area contributed by atoms with Gasteiger partial charge in [0, 0.05) is 31.3 Å². The molecule has 0 unspecified atom stereocenters. The number of nitrogens with zero attached hydrogens (tertiary/aromatic N) is 4. The topological polar surface area (TPSA) is 55.6 Å². The van der Waals surface area contributed by atoms with E-state index in [4.69, 9.17) is 0 Å². The normalized spacial score (nSPS) is 10.4. The van der Waals surface area contributed by atoms with E-state index in [1.54, 1.807) is 18.7 Å². The number of nitrogens with one attached hydrogen (secondary N) is 1. The molecule has 1 N–H and O–H groups in total. The molecular formula is C15H15N5. The van der Waals surface area contributed by atoms with Gasteiger partial charge in [-0.3, -0.25) is 9.55 Å². The number of rotatable bonds is 4. The Morgan fingerprint density at radius 1 is 1.10 bits per heavy atom. The van der Waals surface area contributed by atoms with Crippen molar-refractivity contribution in [3.05, 3.63) is 66.6 Å². The Hall–Kier alpha value is -2.69. The maximum Gasteiger partial charge on any atom is 0.137 e. The van der Waals surface area contributed by atoms with Gasteiger partial charge in [0.15, 0.2) is 0 Å². The molecule has 5 heteroatoms. The van der Waals surface area contributed by atoms with Crippen molar-refractivity contribution >= 4 is 5.69 Å². The number of aromatic nitrogens is 4. The summed E-state index contributed by atoms with van der Waals surface area (Å²) >= 11 is 0. The highest BCUT2D eigenvalue weighted by Gasteiger charge is 2.00. The highest BCUT2D eigenvalue weighted by molar-refractivity contribution is 5.44. The SMILES string of the molecule is Cc1ccncc1CNc1ccc(-n2ccnc2)nc1. The van der Waals surface area contributed by atoms with Crippen LogP contribution in [0.4, 0.5) is 5.69 Å². The summed E-state index contributed by atoms with van der Waals surface area (Å²) in [7, 11) is 0. The van der Waals surface area contributed by atoms with Crippen LogP contribution in [0.1, 0.15) is 11.1 Å². The molecule has 0 fully saturated rings. The quantitative estimate of drug-likeness (QED) is 0.787.